The van der Waals surface area contributed by atoms with Gasteiger partial charge in [-0.05, 0) is 39.6 Å². The number of fused-ring (bicyclic) bond motifs is 6. The molecule has 1 heteroatoms. The van der Waals surface area contributed by atoms with Gasteiger partial charge in [0, 0.05) is 0 Å². The van der Waals surface area contributed by atoms with E-state index < -0.39 is 0 Å². The van der Waals surface area contributed by atoms with Gasteiger partial charge in [-0.2, -0.15) is 0 Å². The van der Waals surface area contributed by atoms with Crippen LogP contribution in [0.3, 0.4) is 0 Å². The Morgan fingerprint density at radius 3 is 1.48 bits per heavy atom. The lowest BCUT2D eigenvalue weighted by Gasteiger charge is -2.12. The van der Waals surface area contributed by atoms with Gasteiger partial charge in [-0.1, -0.05) is 88.8 Å². The van der Waals surface area contributed by atoms with E-state index in [1.165, 1.54) is 32.7 Å². The highest BCUT2D eigenvalue weighted by Crippen LogP contribution is 2.37. The van der Waals surface area contributed by atoms with E-state index in [2.05, 4.69) is 95.7 Å². The molecule has 3 aromatic rings. The van der Waals surface area contributed by atoms with Crippen LogP contribution in [0.1, 0.15) is 18.1 Å². The minimum Gasteiger partial charge on any atom is -0.0765 e. The van der Waals surface area contributed by atoms with Crippen LogP contribution < -0.4 is 0 Å². The first-order valence-electron chi connectivity index (χ1n) is 7.17. The van der Waals surface area contributed by atoms with Crippen molar-refractivity contribution >= 4 is 49.6 Å². The van der Waals surface area contributed by atoms with Crippen LogP contribution in [0.5, 0.6) is 0 Å². The van der Waals surface area contributed by atoms with Crippen LogP contribution >= 0.6 is 15.9 Å². The summed E-state index contributed by atoms with van der Waals surface area (Å²) in [5.74, 6) is 0. The van der Waals surface area contributed by atoms with Gasteiger partial charge in [0.1, 0.15) is 0 Å². The van der Waals surface area contributed by atoms with Gasteiger partial charge in [0.15, 0.2) is 0 Å². The van der Waals surface area contributed by atoms with Crippen molar-refractivity contribution in [1.82, 2.24) is 0 Å². The number of hydrogen-bond donors (Lipinski definition) is 0. The Labute approximate surface area is 132 Å². The molecule has 0 radical (unpaired) electrons. The van der Waals surface area contributed by atoms with Gasteiger partial charge < -0.3 is 0 Å². The predicted molar refractivity (Wildman–Crippen MR) is 96.9 cm³/mol. The van der Waals surface area contributed by atoms with E-state index in [0.717, 1.165) is 0 Å². The number of alkyl halides is 1. The first-order valence-corrected chi connectivity index (χ1v) is 7.96. The Bertz CT molecular complexity index is 839. The maximum absolute atomic E-state index is 3.76. The number of rotatable bonds is 0. The van der Waals surface area contributed by atoms with E-state index in [1.54, 1.807) is 0 Å². The Kier molecular flexibility index (Phi) is 2.80. The Morgan fingerprint density at radius 2 is 1.05 bits per heavy atom. The van der Waals surface area contributed by atoms with E-state index in [1.807, 2.05) is 0 Å². The maximum atomic E-state index is 3.76. The van der Waals surface area contributed by atoms with Crippen LogP contribution in [0.25, 0.3) is 33.7 Å². The average molecular weight is 335 g/mol. The molecular formula is C20H15Br. The molecule has 0 saturated heterocycles. The molecule has 4 rings (SSSR count). The largest absolute Gasteiger partial charge is 0.0765 e. The van der Waals surface area contributed by atoms with Crippen molar-refractivity contribution in [2.24, 2.45) is 0 Å². The fraction of sp³-hybridized carbons (Fsp3) is 0.100. The molecule has 3 aromatic carbocycles. The monoisotopic (exact) mass is 334 g/mol. The molecule has 0 N–H and O–H groups in total. The molecule has 0 bridgehead atoms. The van der Waals surface area contributed by atoms with E-state index in [-0.39, 0.29) is 4.32 Å². The predicted octanol–water partition coefficient (Wildman–Crippen LogP) is 6.19. The molecular weight excluding hydrogens is 320 g/mol. The summed E-state index contributed by atoms with van der Waals surface area (Å²) in [6, 6.07) is 17.3. The Morgan fingerprint density at radius 1 is 0.667 bits per heavy atom. The molecule has 1 aliphatic rings. The van der Waals surface area contributed by atoms with E-state index in [9.17, 15) is 0 Å². The summed E-state index contributed by atoms with van der Waals surface area (Å²) in [5, 5.41) is 5.28. The average Bonchev–Trinajstić information content (AvgIpc) is 2.67. The highest BCUT2D eigenvalue weighted by Gasteiger charge is 2.17. The van der Waals surface area contributed by atoms with Crippen molar-refractivity contribution in [3.63, 3.8) is 0 Å². The van der Waals surface area contributed by atoms with Crippen LogP contribution in [-0.4, -0.2) is 4.32 Å². The fourth-order valence-corrected chi connectivity index (χ4v) is 3.37. The molecule has 0 atom stereocenters. The van der Waals surface area contributed by atoms with Crippen molar-refractivity contribution in [3.8, 4) is 0 Å². The minimum absolute atomic E-state index is 0.0891. The molecule has 0 nitrogen and oxygen atoms in total. The summed E-state index contributed by atoms with van der Waals surface area (Å²) < 4.78 is -0.0891. The quantitative estimate of drug-likeness (QED) is 0.340. The Balaban J connectivity index is 2.25. The molecule has 1 aliphatic carbocycles. The van der Waals surface area contributed by atoms with Crippen LogP contribution in [-0.2, 0) is 0 Å². The summed E-state index contributed by atoms with van der Waals surface area (Å²) in [4.78, 5) is 0. The van der Waals surface area contributed by atoms with Crippen LogP contribution in [0, 0.1) is 0 Å². The van der Waals surface area contributed by atoms with Gasteiger partial charge in [0.05, 0.1) is 4.32 Å². The smallest absolute Gasteiger partial charge is 0.0594 e. The molecule has 0 heterocycles. The summed E-state index contributed by atoms with van der Waals surface area (Å²) >= 11 is 3.76. The highest BCUT2D eigenvalue weighted by atomic mass is 79.9. The second-order valence-corrected chi connectivity index (χ2v) is 7.45. The maximum Gasteiger partial charge on any atom is 0.0594 e. The van der Waals surface area contributed by atoms with Gasteiger partial charge >= 0.3 is 0 Å². The molecule has 0 fully saturated rings. The third-order valence-electron chi connectivity index (χ3n) is 4.17. The zero-order chi connectivity index (χ0) is 14.4. The molecule has 0 aromatic heterocycles. The lowest BCUT2D eigenvalue weighted by molar-refractivity contribution is 1.05. The van der Waals surface area contributed by atoms with E-state index >= 15 is 0 Å². The lowest BCUT2D eigenvalue weighted by Crippen LogP contribution is -2.04. The number of benzene rings is 3. The van der Waals surface area contributed by atoms with Gasteiger partial charge in [-0.3, -0.25) is 0 Å². The Hall–Kier alpha value is -1.86. The van der Waals surface area contributed by atoms with Crippen molar-refractivity contribution in [1.29, 1.82) is 0 Å². The lowest BCUT2D eigenvalue weighted by atomic mass is 9.92. The fourth-order valence-electron chi connectivity index (χ4n) is 3.10. The summed E-state index contributed by atoms with van der Waals surface area (Å²) in [7, 11) is 0. The van der Waals surface area contributed by atoms with Gasteiger partial charge in [0.25, 0.3) is 0 Å². The molecule has 0 unspecified atom stereocenters. The van der Waals surface area contributed by atoms with Gasteiger partial charge in [0.2, 0.25) is 0 Å². The first-order chi connectivity index (χ1) is 10.2. The van der Waals surface area contributed by atoms with Gasteiger partial charge in [-0.25, -0.2) is 0 Å². The van der Waals surface area contributed by atoms with Crippen molar-refractivity contribution in [3.05, 3.63) is 71.8 Å². The van der Waals surface area contributed by atoms with Crippen molar-refractivity contribution in [2.45, 2.75) is 11.2 Å². The number of allylic oxidation sites excluding steroid dienone is 2. The second-order valence-electron chi connectivity index (χ2n) is 5.74. The van der Waals surface area contributed by atoms with Crippen LogP contribution in [0.4, 0.5) is 0 Å². The third kappa shape index (κ3) is 2.04. The standard InChI is InChI=1S/C20H15Br/c1-20(21)12-10-18-16-8-4-2-6-14(16)15-7-3-5-9-17(15)19(18)11-13-20/h2-13H,1H3. The van der Waals surface area contributed by atoms with E-state index in [0.29, 0.717) is 0 Å². The molecule has 0 amide bonds. The zero-order valence-electron chi connectivity index (χ0n) is 11.8. The molecule has 0 aliphatic heterocycles. The van der Waals surface area contributed by atoms with E-state index in [4.69, 9.17) is 0 Å². The number of hydrogen-bond acceptors (Lipinski definition) is 0. The summed E-state index contributed by atoms with van der Waals surface area (Å²) in [5.41, 5.74) is 2.62. The first kappa shape index (κ1) is 12.8. The second kappa shape index (κ2) is 4.57. The normalized spacial score (nSPS) is 16.1. The molecule has 0 saturated carbocycles. The zero-order valence-corrected chi connectivity index (χ0v) is 13.4. The third-order valence-corrected chi connectivity index (χ3v) is 4.70. The number of halogens is 1. The van der Waals surface area contributed by atoms with Crippen molar-refractivity contribution in [2.75, 3.05) is 0 Å². The van der Waals surface area contributed by atoms with Crippen LogP contribution in [0.2, 0.25) is 0 Å². The van der Waals surface area contributed by atoms with Gasteiger partial charge in [-0.15, -0.1) is 0 Å². The molecule has 0 spiro atoms. The minimum atomic E-state index is -0.0891. The topological polar surface area (TPSA) is 0 Å². The summed E-state index contributed by atoms with van der Waals surface area (Å²) in [6.07, 6.45) is 8.94. The van der Waals surface area contributed by atoms with Crippen molar-refractivity contribution < 1.29 is 0 Å². The summed E-state index contributed by atoms with van der Waals surface area (Å²) in [6.45, 7) is 2.16. The van der Waals surface area contributed by atoms with Crippen LogP contribution in [0.15, 0.2) is 60.7 Å². The highest BCUT2D eigenvalue weighted by molar-refractivity contribution is 9.10. The molecule has 102 valence electrons. The SMILES string of the molecule is CC1(Br)C=Cc2c(c3ccccc3c3ccccc23)C=C1. The molecule has 21 heavy (non-hydrogen) atoms.